The molecule has 5 heteroatoms. The Morgan fingerprint density at radius 3 is 2.67 bits per heavy atom. The Kier molecular flexibility index (Phi) is 7.75. The topological polar surface area (TPSA) is 18.5 Å². The molecule has 0 spiro atoms. The SMILES string of the molecule is COC1/C=C/CC/C(C(F)(F)F)=C\COC/C(C)=C\CC1. The van der Waals surface area contributed by atoms with E-state index in [2.05, 4.69) is 0 Å². The minimum Gasteiger partial charge on any atom is -0.377 e. The molecular weight excluding hydrogens is 281 g/mol. The highest BCUT2D eigenvalue weighted by atomic mass is 19.4. The quantitative estimate of drug-likeness (QED) is 0.660. The highest BCUT2D eigenvalue weighted by Gasteiger charge is 2.32. The predicted octanol–water partition coefficient (Wildman–Crippen LogP) is 4.58. The van der Waals surface area contributed by atoms with Gasteiger partial charge in [-0.2, -0.15) is 13.2 Å². The number of rotatable bonds is 1. The average molecular weight is 304 g/mol. The van der Waals surface area contributed by atoms with Gasteiger partial charge in [0.15, 0.2) is 0 Å². The van der Waals surface area contributed by atoms with Gasteiger partial charge < -0.3 is 9.47 Å². The van der Waals surface area contributed by atoms with Crippen LogP contribution in [0.2, 0.25) is 0 Å². The molecule has 1 heterocycles. The third-order valence-electron chi connectivity index (χ3n) is 3.32. The van der Waals surface area contributed by atoms with Crippen molar-refractivity contribution in [3.63, 3.8) is 0 Å². The van der Waals surface area contributed by atoms with Gasteiger partial charge >= 0.3 is 6.18 Å². The smallest absolute Gasteiger partial charge is 0.377 e. The van der Waals surface area contributed by atoms with Crippen molar-refractivity contribution in [1.82, 2.24) is 0 Å². The van der Waals surface area contributed by atoms with Gasteiger partial charge in [0, 0.05) is 12.7 Å². The molecule has 1 aliphatic rings. The summed E-state index contributed by atoms with van der Waals surface area (Å²) in [5.74, 6) is 0. The molecule has 0 aromatic carbocycles. The van der Waals surface area contributed by atoms with Gasteiger partial charge in [-0.15, -0.1) is 0 Å². The number of ether oxygens (including phenoxy) is 2. The molecule has 1 rings (SSSR count). The van der Waals surface area contributed by atoms with E-state index in [4.69, 9.17) is 9.47 Å². The summed E-state index contributed by atoms with van der Waals surface area (Å²) in [5.41, 5.74) is 0.493. The predicted molar refractivity (Wildman–Crippen MR) is 77.1 cm³/mol. The molecule has 2 nitrogen and oxygen atoms in total. The third kappa shape index (κ3) is 7.48. The van der Waals surface area contributed by atoms with Crippen molar-refractivity contribution >= 4 is 0 Å². The van der Waals surface area contributed by atoms with Crippen LogP contribution in [-0.2, 0) is 9.47 Å². The van der Waals surface area contributed by atoms with E-state index >= 15 is 0 Å². The maximum Gasteiger partial charge on any atom is 0.412 e. The standard InChI is InChI=1S/C16H23F3O2/c1-13-6-5-9-15(20-2)8-4-3-7-14(16(17,18)19)10-11-21-12-13/h4,6,8,10,15H,3,5,7,9,11-12H2,1-2H3/b8-4+,13-6-,14-10+. The zero-order valence-electron chi connectivity index (χ0n) is 12.6. The zero-order chi connectivity index (χ0) is 15.7. The lowest BCUT2D eigenvalue weighted by Gasteiger charge is -2.13. The number of hydrogen-bond donors (Lipinski definition) is 0. The van der Waals surface area contributed by atoms with E-state index in [0.717, 1.165) is 24.5 Å². The first-order chi connectivity index (χ1) is 9.93. The average Bonchev–Trinajstić information content (AvgIpc) is 2.41. The summed E-state index contributed by atoms with van der Waals surface area (Å²) in [5, 5.41) is 0. The summed E-state index contributed by atoms with van der Waals surface area (Å²) in [4.78, 5) is 0. The Balaban J connectivity index is 2.78. The van der Waals surface area contributed by atoms with E-state index in [1.54, 1.807) is 13.2 Å². The Morgan fingerprint density at radius 1 is 1.24 bits per heavy atom. The molecule has 1 atom stereocenters. The lowest BCUT2D eigenvalue weighted by molar-refractivity contribution is -0.0945. The molecule has 0 N–H and O–H groups in total. The summed E-state index contributed by atoms with van der Waals surface area (Å²) < 4.78 is 49.1. The first kappa shape index (κ1) is 18.0. The molecular formula is C16H23F3O2. The van der Waals surface area contributed by atoms with E-state index < -0.39 is 11.7 Å². The molecule has 21 heavy (non-hydrogen) atoms. The van der Waals surface area contributed by atoms with Crippen molar-refractivity contribution < 1.29 is 22.6 Å². The highest BCUT2D eigenvalue weighted by molar-refractivity contribution is 5.11. The lowest BCUT2D eigenvalue weighted by atomic mass is 10.1. The molecule has 0 fully saturated rings. The second-order valence-corrected chi connectivity index (χ2v) is 5.11. The van der Waals surface area contributed by atoms with Crippen LogP contribution in [0, 0.1) is 0 Å². The van der Waals surface area contributed by atoms with Crippen LogP contribution in [0.1, 0.15) is 32.6 Å². The van der Waals surface area contributed by atoms with Crippen molar-refractivity contribution in [3.05, 3.63) is 35.5 Å². The molecule has 1 aliphatic heterocycles. The lowest BCUT2D eigenvalue weighted by Crippen LogP contribution is -2.13. The van der Waals surface area contributed by atoms with E-state index in [9.17, 15) is 13.2 Å². The van der Waals surface area contributed by atoms with Crippen LogP contribution >= 0.6 is 0 Å². The van der Waals surface area contributed by atoms with Gasteiger partial charge in [-0.3, -0.25) is 0 Å². The molecule has 0 saturated heterocycles. The van der Waals surface area contributed by atoms with Gasteiger partial charge in [-0.25, -0.2) is 0 Å². The van der Waals surface area contributed by atoms with Gasteiger partial charge in [0.1, 0.15) is 0 Å². The fourth-order valence-electron chi connectivity index (χ4n) is 2.07. The molecule has 0 aromatic rings. The minimum atomic E-state index is -4.29. The number of hydrogen-bond acceptors (Lipinski definition) is 2. The number of alkyl halides is 3. The molecule has 120 valence electrons. The zero-order valence-corrected chi connectivity index (χ0v) is 12.6. The van der Waals surface area contributed by atoms with Crippen molar-refractivity contribution in [2.75, 3.05) is 20.3 Å². The van der Waals surface area contributed by atoms with Crippen LogP contribution in [0.3, 0.4) is 0 Å². The van der Waals surface area contributed by atoms with E-state index in [0.29, 0.717) is 13.0 Å². The first-order valence-corrected chi connectivity index (χ1v) is 7.12. The monoisotopic (exact) mass is 304 g/mol. The van der Waals surface area contributed by atoms with E-state index in [1.165, 1.54) is 0 Å². The second-order valence-electron chi connectivity index (χ2n) is 5.11. The van der Waals surface area contributed by atoms with Gasteiger partial charge in [-0.05, 0) is 32.6 Å². The number of methoxy groups -OCH3 is 1. The molecule has 0 aliphatic carbocycles. The molecule has 1 unspecified atom stereocenters. The van der Waals surface area contributed by atoms with E-state index in [-0.39, 0.29) is 19.1 Å². The van der Waals surface area contributed by atoms with Crippen molar-refractivity contribution in [1.29, 1.82) is 0 Å². The highest BCUT2D eigenvalue weighted by Crippen LogP contribution is 2.29. The summed E-state index contributed by atoms with van der Waals surface area (Å²) in [6.07, 6.45) is 4.43. The molecule has 0 amide bonds. The minimum absolute atomic E-state index is 0.00949. The van der Waals surface area contributed by atoms with Crippen molar-refractivity contribution in [2.24, 2.45) is 0 Å². The largest absolute Gasteiger partial charge is 0.412 e. The normalized spacial score (nSPS) is 29.7. The number of allylic oxidation sites excluding steroid dienone is 3. The van der Waals surface area contributed by atoms with Crippen molar-refractivity contribution in [3.8, 4) is 0 Å². The fraction of sp³-hybridized carbons (Fsp3) is 0.625. The van der Waals surface area contributed by atoms with Crippen LogP contribution in [0.4, 0.5) is 13.2 Å². The van der Waals surface area contributed by atoms with Crippen LogP contribution < -0.4 is 0 Å². The van der Waals surface area contributed by atoms with Gasteiger partial charge in [0.2, 0.25) is 0 Å². The molecule has 0 bridgehead atoms. The molecule has 0 aromatic heterocycles. The Morgan fingerprint density at radius 2 is 2.00 bits per heavy atom. The fourth-order valence-corrected chi connectivity index (χ4v) is 2.07. The van der Waals surface area contributed by atoms with E-state index in [1.807, 2.05) is 19.1 Å². The maximum atomic E-state index is 12.9. The summed E-state index contributed by atoms with van der Waals surface area (Å²) >= 11 is 0. The van der Waals surface area contributed by atoms with Crippen LogP contribution in [0.5, 0.6) is 0 Å². The van der Waals surface area contributed by atoms with Gasteiger partial charge in [0.25, 0.3) is 0 Å². The van der Waals surface area contributed by atoms with Gasteiger partial charge in [-0.1, -0.05) is 29.9 Å². The summed E-state index contributed by atoms with van der Waals surface area (Å²) in [6.45, 7) is 2.26. The Hall–Kier alpha value is -1.07. The summed E-state index contributed by atoms with van der Waals surface area (Å²) in [7, 11) is 1.61. The maximum absolute atomic E-state index is 12.9. The summed E-state index contributed by atoms with van der Waals surface area (Å²) in [6, 6.07) is 0. The number of halogens is 3. The molecule has 0 radical (unpaired) electrons. The first-order valence-electron chi connectivity index (χ1n) is 7.12. The molecule has 0 saturated carbocycles. The second kappa shape index (κ2) is 9.05. The van der Waals surface area contributed by atoms with Crippen molar-refractivity contribution in [2.45, 2.75) is 44.9 Å². The third-order valence-corrected chi connectivity index (χ3v) is 3.32. The van der Waals surface area contributed by atoms with Crippen LogP contribution in [0.25, 0.3) is 0 Å². The van der Waals surface area contributed by atoms with Crippen LogP contribution in [0.15, 0.2) is 35.5 Å². The van der Waals surface area contributed by atoms with Gasteiger partial charge in [0.05, 0.1) is 19.3 Å². The van der Waals surface area contributed by atoms with Crippen LogP contribution in [-0.4, -0.2) is 32.6 Å². The Bertz CT molecular complexity index is 395. The Labute approximate surface area is 124 Å².